The highest BCUT2D eigenvalue weighted by Crippen LogP contribution is 2.33. The van der Waals surface area contributed by atoms with E-state index in [4.69, 9.17) is 21.2 Å². The molecule has 0 unspecified atom stereocenters. The number of amides is 1. The Morgan fingerprint density at radius 1 is 1.03 bits per heavy atom. The predicted octanol–water partition coefficient (Wildman–Crippen LogP) is 4.84. The molecule has 1 amide bonds. The van der Waals surface area contributed by atoms with Crippen LogP contribution in [0, 0.1) is 5.92 Å². The summed E-state index contributed by atoms with van der Waals surface area (Å²) in [5.41, 5.74) is 14.0. The lowest BCUT2D eigenvalue weighted by Crippen LogP contribution is -2.47. The fourth-order valence-electron chi connectivity index (χ4n) is 5.03. The van der Waals surface area contributed by atoms with Crippen LogP contribution in [0.4, 0.5) is 5.82 Å². The summed E-state index contributed by atoms with van der Waals surface area (Å²) >= 11 is 0. The molecule has 1 atom stereocenters. The molecule has 5 rings (SSSR count). The normalized spacial score (nSPS) is 18.4. The van der Waals surface area contributed by atoms with Gasteiger partial charge in [-0.15, -0.1) is 0 Å². The van der Waals surface area contributed by atoms with Crippen LogP contribution in [0.15, 0.2) is 60.8 Å². The maximum absolute atomic E-state index is 12.5. The largest absolute Gasteiger partial charge is 0.457 e. The maximum Gasteiger partial charge on any atom is 0.237 e. The number of ether oxygens (including phenoxy) is 1. The molecule has 198 valence electrons. The number of hydrogen-bond donors (Lipinski definition) is 3. The quantitative estimate of drug-likeness (QED) is 0.307. The van der Waals surface area contributed by atoms with Crippen molar-refractivity contribution in [3.8, 4) is 22.9 Å². The summed E-state index contributed by atoms with van der Waals surface area (Å²) in [5.74, 6) is 2.78. The van der Waals surface area contributed by atoms with Gasteiger partial charge in [-0.2, -0.15) is 5.10 Å². The van der Waals surface area contributed by atoms with Crippen LogP contribution in [-0.2, 0) is 4.79 Å². The molecule has 0 radical (unpaired) electrons. The summed E-state index contributed by atoms with van der Waals surface area (Å²) in [6.45, 7) is 4.15. The average Bonchev–Trinajstić information content (AvgIpc) is 3.34. The number of para-hydroxylation sites is 1. The van der Waals surface area contributed by atoms with Crippen LogP contribution in [0.5, 0.6) is 11.5 Å². The number of nitrogens with zero attached hydrogens (tertiary/aromatic N) is 4. The number of aromatic nitrogens is 4. The molecule has 9 heteroatoms. The monoisotopic (exact) mass is 513 g/mol. The van der Waals surface area contributed by atoms with E-state index in [1.54, 1.807) is 6.20 Å². The Morgan fingerprint density at radius 3 is 2.39 bits per heavy atom. The summed E-state index contributed by atoms with van der Waals surface area (Å²) < 4.78 is 7.86. The van der Waals surface area contributed by atoms with Gasteiger partial charge < -0.3 is 21.5 Å². The second-order valence-corrected chi connectivity index (χ2v) is 10.4. The minimum Gasteiger partial charge on any atom is -0.457 e. The van der Waals surface area contributed by atoms with Gasteiger partial charge in [0.1, 0.15) is 17.3 Å². The predicted molar refractivity (Wildman–Crippen MR) is 149 cm³/mol. The Labute approximate surface area is 222 Å². The Morgan fingerprint density at radius 2 is 1.71 bits per heavy atom. The van der Waals surface area contributed by atoms with Crippen LogP contribution >= 0.6 is 0 Å². The fourth-order valence-corrected chi connectivity index (χ4v) is 5.03. The number of carbonyl (C=O) groups excluding carboxylic acids is 1. The highest BCUT2D eigenvalue weighted by Gasteiger charge is 2.27. The van der Waals surface area contributed by atoms with Gasteiger partial charge in [0, 0.05) is 11.6 Å². The number of benzene rings is 2. The van der Waals surface area contributed by atoms with E-state index in [2.05, 4.69) is 29.2 Å². The molecule has 5 N–H and O–H groups in total. The molecule has 9 nitrogen and oxygen atoms in total. The molecule has 1 aliphatic carbocycles. The molecule has 2 aromatic carbocycles. The molecule has 1 saturated carbocycles. The molecule has 1 fully saturated rings. The molecule has 0 saturated heterocycles. The van der Waals surface area contributed by atoms with Gasteiger partial charge in [0.15, 0.2) is 11.5 Å². The Hall–Kier alpha value is -3.98. The minimum atomic E-state index is -0.458. The van der Waals surface area contributed by atoms with Crippen molar-refractivity contribution >= 4 is 22.8 Å². The van der Waals surface area contributed by atoms with Crippen LogP contribution in [0.1, 0.15) is 52.0 Å². The van der Waals surface area contributed by atoms with Crippen molar-refractivity contribution in [3.63, 3.8) is 0 Å². The minimum absolute atomic E-state index is 0.0583. The lowest BCUT2D eigenvalue weighted by molar-refractivity contribution is -0.123. The van der Waals surface area contributed by atoms with Gasteiger partial charge in [-0.05, 0) is 74.4 Å². The Balaban J connectivity index is 1.28. The molecule has 0 bridgehead atoms. The third-order valence-corrected chi connectivity index (χ3v) is 7.03. The molecule has 1 aliphatic rings. The van der Waals surface area contributed by atoms with Gasteiger partial charge in [0.25, 0.3) is 0 Å². The summed E-state index contributed by atoms with van der Waals surface area (Å²) in [7, 11) is 0. The van der Waals surface area contributed by atoms with Gasteiger partial charge in [-0.3, -0.25) is 4.79 Å². The van der Waals surface area contributed by atoms with E-state index in [9.17, 15) is 4.79 Å². The Bertz CT molecular complexity index is 1380. The second-order valence-electron chi connectivity index (χ2n) is 10.4. The van der Waals surface area contributed by atoms with Crippen molar-refractivity contribution in [3.05, 3.63) is 60.8 Å². The first-order valence-corrected chi connectivity index (χ1v) is 13.3. The lowest BCUT2D eigenvalue weighted by atomic mass is 9.91. The summed E-state index contributed by atoms with van der Waals surface area (Å²) in [4.78, 5) is 21.9. The molecule has 38 heavy (non-hydrogen) atoms. The zero-order valence-corrected chi connectivity index (χ0v) is 21.9. The van der Waals surface area contributed by atoms with Crippen molar-refractivity contribution in [1.29, 1.82) is 0 Å². The smallest absolute Gasteiger partial charge is 0.237 e. The number of nitrogens with two attached hydrogens (primary N) is 2. The van der Waals surface area contributed by atoms with E-state index in [-0.39, 0.29) is 18.0 Å². The number of rotatable bonds is 8. The first kappa shape index (κ1) is 25.7. The van der Waals surface area contributed by atoms with Crippen molar-refractivity contribution in [2.75, 3.05) is 5.73 Å². The maximum atomic E-state index is 12.5. The number of carbonyl (C=O) groups is 1. The van der Waals surface area contributed by atoms with E-state index in [0.717, 1.165) is 53.8 Å². The highest BCUT2D eigenvalue weighted by molar-refractivity contribution is 5.87. The molecular weight excluding hydrogens is 478 g/mol. The van der Waals surface area contributed by atoms with Gasteiger partial charge >= 0.3 is 0 Å². The van der Waals surface area contributed by atoms with Gasteiger partial charge in [0.2, 0.25) is 5.91 Å². The number of nitrogen functional groups attached to an aromatic ring is 1. The molecular formula is C29H35N7O2. The number of hydrogen-bond acceptors (Lipinski definition) is 7. The van der Waals surface area contributed by atoms with Gasteiger partial charge in [0.05, 0.1) is 23.7 Å². The van der Waals surface area contributed by atoms with Crippen LogP contribution in [0.25, 0.3) is 22.4 Å². The van der Waals surface area contributed by atoms with Crippen LogP contribution < -0.4 is 21.5 Å². The topological polar surface area (TPSA) is 134 Å². The molecule has 2 heterocycles. The van der Waals surface area contributed by atoms with Crippen LogP contribution in [-0.4, -0.2) is 37.7 Å². The van der Waals surface area contributed by atoms with Crippen molar-refractivity contribution in [1.82, 2.24) is 25.1 Å². The van der Waals surface area contributed by atoms with Crippen molar-refractivity contribution in [2.45, 2.75) is 64.1 Å². The average molecular weight is 514 g/mol. The zero-order valence-electron chi connectivity index (χ0n) is 21.9. The third kappa shape index (κ3) is 5.78. The van der Waals surface area contributed by atoms with Crippen molar-refractivity contribution in [2.24, 2.45) is 11.7 Å². The number of anilines is 1. The molecule has 4 aromatic rings. The van der Waals surface area contributed by atoms with E-state index in [0.29, 0.717) is 24.0 Å². The highest BCUT2D eigenvalue weighted by atomic mass is 16.5. The number of nitrogens with one attached hydrogen (secondary N) is 1. The van der Waals surface area contributed by atoms with Crippen molar-refractivity contribution < 1.29 is 9.53 Å². The summed E-state index contributed by atoms with van der Waals surface area (Å²) in [5, 5.41) is 8.51. The number of fused-ring (bicyclic) bond motifs is 1. The Kier molecular flexibility index (Phi) is 7.55. The lowest BCUT2D eigenvalue weighted by Gasteiger charge is -2.30. The van der Waals surface area contributed by atoms with Crippen LogP contribution in [0.2, 0.25) is 0 Å². The molecule has 0 aliphatic heterocycles. The molecule has 2 aromatic heterocycles. The van der Waals surface area contributed by atoms with E-state index < -0.39 is 6.04 Å². The summed E-state index contributed by atoms with van der Waals surface area (Å²) in [6.07, 6.45) is 5.92. The second kappa shape index (κ2) is 11.2. The molecule has 0 spiro atoms. The van der Waals surface area contributed by atoms with E-state index in [1.165, 1.54) is 0 Å². The van der Waals surface area contributed by atoms with Gasteiger partial charge in [-0.25, -0.2) is 14.6 Å². The SMILES string of the molecule is CC(C)C[C@H](N)C(=O)NC1CCC(n2ncc3c(N)nc(-c4ccc(Oc5ccccc5)cc4)nc32)CC1. The first-order valence-electron chi connectivity index (χ1n) is 13.3. The standard InChI is InChI=1S/C29H35N7O2/c1-18(2)16-25(30)29(37)33-20-10-12-21(13-11-20)36-28-24(17-32-36)26(31)34-27(35-28)19-8-14-23(15-9-19)38-22-6-4-3-5-7-22/h3-9,14-15,17-18,20-21,25H,10-13,16,30H2,1-2H3,(H,33,37)(H2,31,34,35)/t20?,21?,25-/m0/s1. The fraction of sp³-hybridized carbons (Fsp3) is 0.379. The van der Waals surface area contributed by atoms with E-state index >= 15 is 0 Å². The van der Waals surface area contributed by atoms with Gasteiger partial charge in [-0.1, -0.05) is 32.0 Å². The zero-order chi connectivity index (χ0) is 26.6. The van der Waals surface area contributed by atoms with E-state index in [1.807, 2.05) is 59.3 Å². The first-order chi connectivity index (χ1) is 18.4. The third-order valence-electron chi connectivity index (χ3n) is 7.03. The summed E-state index contributed by atoms with van der Waals surface area (Å²) in [6, 6.07) is 17.1. The van der Waals surface area contributed by atoms with Crippen LogP contribution in [0.3, 0.4) is 0 Å².